The summed E-state index contributed by atoms with van der Waals surface area (Å²) in [6.45, 7) is -0.0767. The van der Waals surface area contributed by atoms with E-state index in [0.717, 1.165) is 11.4 Å². The number of benzene rings is 1. The van der Waals surface area contributed by atoms with Crippen molar-refractivity contribution in [2.75, 3.05) is 20.2 Å². The number of sulfonamides is 1. The van der Waals surface area contributed by atoms with Gasteiger partial charge < -0.3 is 9.15 Å². The van der Waals surface area contributed by atoms with Crippen molar-refractivity contribution >= 4 is 33.6 Å². The fraction of sp³-hybridized carbons (Fsp3) is 0.222. The lowest BCUT2D eigenvalue weighted by Gasteiger charge is -2.16. The average molecular weight is 422 g/mol. The van der Waals surface area contributed by atoms with Gasteiger partial charge in [0.25, 0.3) is 11.8 Å². The van der Waals surface area contributed by atoms with Gasteiger partial charge >= 0.3 is 5.97 Å². The van der Waals surface area contributed by atoms with E-state index in [1.165, 1.54) is 49.6 Å². The lowest BCUT2D eigenvalue weighted by molar-refractivity contribution is -0.148. The van der Waals surface area contributed by atoms with Gasteiger partial charge in [-0.25, -0.2) is 8.42 Å². The molecule has 0 atom stereocenters. The number of ether oxygens (including phenoxy) is 1. The molecule has 0 aliphatic heterocycles. The minimum absolute atomic E-state index is 0.0914. The Labute approximate surface area is 166 Å². The van der Waals surface area contributed by atoms with Crippen molar-refractivity contribution in [3.05, 3.63) is 54.0 Å². The van der Waals surface area contributed by atoms with E-state index in [9.17, 15) is 27.6 Å². The molecule has 0 radical (unpaired) electrons. The van der Waals surface area contributed by atoms with Crippen molar-refractivity contribution in [2.45, 2.75) is 11.8 Å². The second kappa shape index (κ2) is 9.26. The van der Waals surface area contributed by atoms with Crippen molar-refractivity contribution in [3.8, 4) is 0 Å². The number of Topliss-reactive ketones (excluding diaryl/α,β-unsaturated/α-hetero) is 1. The first-order chi connectivity index (χ1) is 13.6. The zero-order chi connectivity index (χ0) is 21.6. The molecule has 0 spiro atoms. The summed E-state index contributed by atoms with van der Waals surface area (Å²) in [6, 6.07) is 8.04. The van der Waals surface area contributed by atoms with Crippen LogP contribution in [0.3, 0.4) is 0 Å². The van der Waals surface area contributed by atoms with Crippen LogP contribution in [0, 0.1) is 0 Å². The summed E-state index contributed by atoms with van der Waals surface area (Å²) in [5, 5.41) is 1.95. The van der Waals surface area contributed by atoms with Crippen LogP contribution in [-0.2, 0) is 24.3 Å². The second-order valence-electron chi connectivity index (χ2n) is 5.86. The summed E-state index contributed by atoms with van der Waals surface area (Å²) in [5.41, 5.74) is 0.348. The summed E-state index contributed by atoms with van der Waals surface area (Å²) in [7, 11) is -2.85. The lowest BCUT2D eigenvalue weighted by atomic mass is 10.2. The Morgan fingerprint density at radius 2 is 1.76 bits per heavy atom. The van der Waals surface area contributed by atoms with Crippen LogP contribution in [-0.4, -0.2) is 56.5 Å². The number of nitrogens with zero attached hydrogens (tertiary/aromatic N) is 1. The van der Waals surface area contributed by atoms with Gasteiger partial charge in [-0.05, 0) is 31.2 Å². The smallest absolute Gasteiger partial charge is 0.321 e. The van der Waals surface area contributed by atoms with Crippen LogP contribution >= 0.6 is 0 Å². The van der Waals surface area contributed by atoms with Gasteiger partial charge in [0.15, 0.2) is 18.2 Å². The van der Waals surface area contributed by atoms with E-state index < -0.39 is 41.0 Å². The molecule has 0 saturated carbocycles. The van der Waals surface area contributed by atoms with E-state index in [2.05, 4.69) is 4.74 Å². The molecule has 154 valence electrons. The molecule has 10 nitrogen and oxygen atoms in total. The SMILES string of the molecule is CC(=O)c1ccc(S(=O)(=O)N(C)CC(=O)OCC(=O)NC(=O)c2ccco2)cc1. The van der Waals surface area contributed by atoms with Gasteiger partial charge in [0, 0.05) is 12.6 Å². The van der Waals surface area contributed by atoms with Crippen molar-refractivity contribution in [1.29, 1.82) is 0 Å². The summed E-state index contributed by atoms with van der Waals surface area (Å²) >= 11 is 0. The molecule has 2 amide bonds. The van der Waals surface area contributed by atoms with E-state index in [4.69, 9.17) is 4.42 Å². The number of ketones is 1. The minimum atomic E-state index is -4.01. The zero-order valence-electron chi connectivity index (χ0n) is 15.6. The molecule has 1 aromatic carbocycles. The molecule has 2 rings (SSSR count). The topological polar surface area (TPSA) is 140 Å². The minimum Gasteiger partial charge on any atom is -0.459 e. The normalized spacial score (nSPS) is 11.1. The third-order valence-electron chi connectivity index (χ3n) is 3.68. The van der Waals surface area contributed by atoms with Crippen LogP contribution in [0.15, 0.2) is 52.0 Å². The molecule has 0 unspecified atom stereocenters. The number of amides is 2. The third-order valence-corrected chi connectivity index (χ3v) is 5.50. The number of carbonyl (C=O) groups excluding carboxylic acids is 4. The molecule has 0 fully saturated rings. The molecule has 1 heterocycles. The van der Waals surface area contributed by atoms with E-state index in [1.54, 1.807) is 0 Å². The van der Waals surface area contributed by atoms with Gasteiger partial charge in [-0.1, -0.05) is 12.1 Å². The van der Waals surface area contributed by atoms with Crippen LogP contribution in [0.25, 0.3) is 0 Å². The Morgan fingerprint density at radius 1 is 1.10 bits per heavy atom. The Balaban J connectivity index is 1.88. The van der Waals surface area contributed by atoms with Crippen LogP contribution in [0.4, 0.5) is 0 Å². The molecule has 0 aliphatic carbocycles. The zero-order valence-corrected chi connectivity index (χ0v) is 16.4. The maximum atomic E-state index is 12.5. The highest BCUT2D eigenvalue weighted by atomic mass is 32.2. The summed E-state index contributed by atoms with van der Waals surface area (Å²) < 4.78 is 35.2. The van der Waals surface area contributed by atoms with Crippen molar-refractivity contribution < 1.29 is 36.7 Å². The van der Waals surface area contributed by atoms with Crippen molar-refractivity contribution in [1.82, 2.24) is 9.62 Å². The Morgan fingerprint density at radius 3 is 2.31 bits per heavy atom. The predicted octanol–water partition coefficient (Wildman–Crippen LogP) is 0.603. The molecule has 0 bridgehead atoms. The maximum Gasteiger partial charge on any atom is 0.321 e. The van der Waals surface area contributed by atoms with Gasteiger partial charge in [0.2, 0.25) is 10.0 Å². The molecular formula is C18H18N2O8S. The lowest BCUT2D eigenvalue weighted by Crippen LogP contribution is -2.37. The number of imide groups is 1. The maximum absolute atomic E-state index is 12.5. The molecular weight excluding hydrogens is 404 g/mol. The van der Waals surface area contributed by atoms with Crippen molar-refractivity contribution in [2.24, 2.45) is 0 Å². The van der Waals surface area contributed by atoms with Gasteiger partial charge in [-0.2, -0.15) is 4.31 Å². The molecule has 29 heavy (non-hydrogen) atoms. The Bertz CT molecular complexity index is 1010. The Kier molecular flexibility index (Phi) is 7.02. The molecule has 11 heteroatoms. The van der Waals surface area contributed by atoms with E-state index >= 15 is 0 Å². The molecule has 0 saturated heterocycles. The monoisotopic (exact) mass is 422 g/mol. The number of hydrogen-bond acceptors (Lipinski definition) is 8. The number of esters is 1. The highest BCUT2D eigenvalue weighted by molar-refractivity contribution is 7.89. The fourth-order valence-corrected chi connectivity index (χ4v) is 3.25. The number of rotatable bonds is 8. The van der Waals surface area contributed by atoms with Gasteiger partial charge in [0.05, 0.1) is 11.2 Å². The number of furan rings is 1. The first-order valence-electron chi connectivity index (χ1n) is 8.22. The summed E-state index contributed by atoms with van der Waals surface area (Å²) in [5.74, 6) is -2.99. The number of hydrogen-bond donors (Lipinski definition) is 1. The Hall–Kier alpha value is -3.31. The molecule has 1 N–H and O–H groups in total. The summed E-state index contributed by atoms with van der Waals surface area (Å²) in [6.07, 6.45) is 1.25. The average Bonchev–Trinajstić information content (AvgIpc) is 3.21. The first-order valence-corrected chi connectivity index (χ1v) is 9.66. The largest absolute Gasteiger partial charge is 0.459 e. The third kappa shape index (κ3) is 5.83. The van der Waals surface area contributed by atoms with Crippen LogP contribution in [0.5, 0.6) is 0 Å². The van der Waals surface area contributed by atoms with Gasteiger partial charge in [-0.3, -0.25) is 24.5 Å². The highest BCUT2D eigenvalue weighted by Gasteiger charge is 2.24. The standard InChI is InChI=1S/C18H18N2O8S/c1-12(21)13-5-7-14(8-6-13)29(25,26)20(2)10-17(23)28-11-16(22)19-18(24)15-4-3-9-27-15/h3-9H,10-11H2,1-2H3,(H,19,22,24). The second-order valence-corrected chi connectivity index (χ2v) is 7.90. The predicted molar refractivity (Wildman–Crippen MR) is 98.4 cm³/mol. The highest BCUT2D eigenvalue weighted by Crippen LogP contribution is 2.15. The number of nitrogens with one attached hydrogen (secondary N) is 1. The molecule has 2 aromatic rings. The van der Waals surface area contributed by atoms with Crippen LogP contribution in [0.2, 0.25) is 0 Å². The number of likely N-dealkylation sites (N-methyl/N-ethyl adjacent to an activating group) is 1. The quantitative estimate of drug-likeness (QED) is 0.482. The van der Waals surface area contributed by atoms with E-state index in [0.29, 0.717) is 5.56 Å². The van der Waals surface area contributed by atoms with E-state index in [-0.39, 0.29) is 16.4 Å². The van der Waals surface area contributed by atoms with Crippen LogP contribution in [0.1, 0.15) is 27.8 Å². The van der Waals surface area contributed by atoms with Crippen LogP contribution < -0.4 is 5.32 Å². The molecule has 0 aliphatic rings. The molecule has 1 aromatic heterocycles. The van der Waals surface area contributed by atoms with Gasteiger partial charge in [-0.15, -0.1) is 0 Å². The number of carbonyl (C=O) groups is 4. The fourth-order valence-electron chi connectivity index (χ4n) is 2.13. The van der Waals surface area contributed by atoms with Crippen molar-refractivity contribution in [3.63, 3.8) is 0 Å². The van der Waals surface area contributed by atoms with E-state index in [1.807, 2.05) is 5.32 Å². The van der Waals surface area contributed by atoms with Gasteiger partial charge in [0.1, 0.15) is 6.54 Å². The summed E-state index contributed by atoms with van der Waals surface area (Å²) in [4.78, 5) is 46.2. The first kappa shape index (κ1) is 22.0.